The fourth-order valence-corrected chi connectivity index (χ4v) is 2.64. The Morgan fingerprint density at radius 3 is 2.47 bits per heavy atom. The zero-order chi connectivity index (χ0) is 14.0. The molecule has 2 aromatic rings. The van der Waals surface area contributed by atoms with Crippen LogP contribution in [0.2, 0.25) is 0 Å². The lowest BCUT2D eigenvalue weighted by Crippen LogP contribution is -2.07. The first kappa shape index (κ1) is 13.7. The summed E-state index contributed by atoms with van der Waals surface area (Å²) < 4.78 is 10.1. The summed E-state index contributed by atoms with van der Waals surface area (Å²) in [5.74, 6) is 0.585. The van der Waals surface area contributed by atoms with E-state index in [1.165, 1.54) is 31.8 Å². The van der Waals surface area contributed by atoms with Crippen molar-refractivity contribution in [1.29, 1.82) is 0 Å². The highest BCUT2D eigenvalue weighted by Crippen LogP contribution is 2.33. The second kappa shape index (κ2) is 5.50. The van der Waals surface area contributed by atoms with Gasteiger partial charge in [-0.2, -0.15) is 4.98 Å². The summed E-state index contributed by atoms with van der Waals surface area (Å²) in [6.45, 7) is 3.75. The molecule has 0 radical (unpaired) electrons. The minimum Gasteiger partial charge on any atom is -0.480 e. The zero-order valence-corrected chi connectivity index (χ0v) is 12.0. The van der Waals surface area contributed by atoms with Crippen molar-refractivity contribution in [1.82, 2.24) is 15.0 Å². The third-order valence-corrected chi connectivity index (χ3v) is 3.72. The third kappa shape index (κ3) is 2.66. The third-order valence-electron chi connectivity index (χ3n) is 2.59. The quantitative estimate of drug-likeness (QED) is 0.918. The van der Waals surface area contributed by atoms with E-state index in [1.54, 1.807) is 0 Å². The van der Waals surface area contributed by atoms with Crippen molar-refractivity contribution in [2.75, 3.05) is 14.2 Å². The lowest BCUT2D eigenvalue weighted by atomic mass is 10.2. The molecule has 6 nitrogen and oxygen atoms in total. The molecule has 0 spiro atoms. The van der Waals surface area contributed by atoms with E-state index in [1.807, 2.05) is 13.8 Å². The lowest BCUT2D eigenvalue weighted by molar-refractivity contribution is 0.209. The minimum absolute atomic E-state index is 0.248. The van der Waals surface area contributed by atoms with Gasteiger partial charge in [0.2, 0.25) is 11.8 Å². The van der Waals surface area contributed by atoms with Crippen LogP contribution in [0.5, 0.6) is 11.8 Å². The molecule has 1 atom stereocenters. The lowest BCUT2D eigenvalue weighted by Gasteiger charge is -2.12. The van der Waals surface area contributed by atoms with Gasteiger partial charge in [-0.25, -0.2) is 9.97 Å². The van der Waals surface area contributed by atoms with E-state index in [-0.39, 0.29) is 5.88 Å². The van der Waals surface area contributed by atoms with E-state index in [4.69, 9.17) is 9.47 Å². The molecular formula is C12H15N3O3S. The van der Waals surface area contributed by atoms with Crippen LogP contribution in [-0.4, -0.2) is 34.3 Å². The molecule has 0 saturated carbocycles. The van der Waals surface area contributed by atoms with Crippen molar-refractivity contribution in [3.05, 3.63) is 27.5 Å². The second-order valence-corrected chi connectivity index (χ2v) is 5.13. The number of ether oxygens (including phenoxy) is 2. The Kier molecular flexibility index (Phi) is 3.96. The van der Waals surface area contributed by atoms with Crippen LogP contribution in [0.25, 0.3) is 0 Å². The predicted molar refractivity (Wildman–Crippen MR) is 70.8 cm³/mol. The molecule has 19 heavy (non-hydrogen) atoms. The van der Waals surface area contributed by atoms with Crippen LogP contribution >= 0.6 is 11.3 Å². The van der Waals surface area contributed by atoms with Gasteiger partial charge in [0.15, 0.2) is 0 Å². The molecule has 0 bridgehead atoms. The number of aryl methyl sites for hydroxylation is 2. The molecule has 1 N–H and O–H groups in total. The van der Waals surface area contributed by atoms with Crippen molar-refractivity contribution in [3.63, 3.8) is 0 Å². The highest BCUT2D eigenvalue weighted by atomic mass is 32.1. The van der Waals surface area contributed by atoms with Crippen molar-refractivity contribution in [3.8, 4) is 11.8 Å². The zero-order valence-electron chi connectivity index (χ0n) is 11.2. The minimum atomic E-state index is -0.903. The highest BCUT2D eigenvalue weighted by molar-refractivity contribution is 7.11. The van der Waals surface area contributed by atoms with Gasteiger partial charge in [-0.15, -0.1) is 11.3 Å². The molecular weight excluding hydrogens is 266 g/mol. The number of methoxy groups -OCH3 is 2. The monoisotopic (exact) mass is 281 g/mol. The Bertz CT molecular complexity index is 586. The van der Waals surface area contributed by atoms with Crippen LogP contribution in [0.1, 0.15) is 27.4 Å². The standard InChI is InChI=1S/C12H15N3O3S/c1-6-11(19-7(2)14-6)10(16)9-12(18-4)15-8(17-3)5-13-9/h5,10,16H,1-4H3. The molecule has 0 saturated heterocycles. The summed E-state index contributed by atoms with van der Waals surface area (Å²) in [7, 11) is 2.97. The van der Waals surface area contributed by atoms with E-state index in [9.17, 15) is 5.11 Å². The maximum atomic E-state index is 10.4. The number of aliphatic hydroxyl groups excluding tert-OH is 1. The van der Waals surface area contributed by atoms with Gasteiger partial charge in [0.25, 0.3) is 0 Å². The number of hydrogen-bond acceptors (Lipinski definition) is 7. The molecule has 0 aliphatic rings. The van der Waals surface area contributed by atoms with Gasteiger partial charge in [-0.1, -0.05) is 0 Å². The number of thiazole rings is 1. The van der Waals surface area contributed by atoms with Gasteiger partial charge < -0.3 is 14.6 Å². The maximum absolute atomic E-state index is 10.4. The van der Waals surface area contributed by atoms with E-state index in [2.05, 4.69) is 15.0 Å². The van der Waals surface area contributed by atoms with Crippen LogP contribution in [-0.2, 0) is 0 Å². The Morgan fingerprint density at radius 1 is 1.21 bits per heavy atom. The second-order valence-electron chi connectivity index (χ2n) is 3.89. The number of nitrogens with zero attached hydrogens (tertiary/aromatic N) is 3. The Morgan fingerprint density at radius 2 is 1.95 bits per heavy atom. The smallest absolute Gasteiger partial charge is 0.241 e. The topological polar surface area (TPSA) is 77.4 Å². The maximum Gasteiger partial charge on any atom is 0.241 e. The Labute approximate surface area is 115 Å². The van der Waals surface area contributed by atoms with Gasteiger partial charge in [-0.3, -0.25) is 0 Å². The van der Waals surface area contributed by atoms with Gasteiger partial charge in [0.1, 0.15) is 11.8 Å². The van der Waals surface area contributed by atoms with E-state index in [0.29, 0.717) is 11.6 Å². The van der Waals surface area contributed by atoms with Gasteiger partial charge in [-0.05, 0) is 13.8 Å². The summed E-state index contributed by atoms with van der Waals surface area (Å²) in [5.41, 5.74) is 1.14. The Balaban J connectivity index is 2.43. The summed E-state index contributed by atoms with van der Waals surface area (Å²) >= 11 is 1.43. The Hall–Kier alpha value is -1.73. The van der Waals surface area contributed by atoms with E-state index in [0.717, 1.165) is 15.6 Å². The highest BCUT2D eigenvalue weighted by Gasteiger charge is 2.23. The van der Waals surface area contributed by atoms with Crippen LogP contribution in [0.3, 0.4) is 0 Å². The van der Waals surface area contributed by atoms with E-state index < -0.39 is 6.10 Å². The normalized spacial score (nSPS) is 12.3. The van der Waals surface area contributed by atoms with Gasteiger partial charge >= 0.3 is 0 Å². The number of hydrogen-bond donors (Lipinski definition) is 1. The SMILES string of the molecule is COc1cnc(C(O)c2sc(C)nc2C)c(OC)n1. The molecule has 0 fully saturated rings. The molecule has 0 aromatic carbocycles. The molecule has 0 amide bonds. The molecule has 2 rings (SSSR count). The molecule has 1 unspecified atom stereocenters. The number of rotatable bonds is 4. The van der Waals surface area contributed by atoms with Gasteiger partial charge in [0, 0.05) is 0 Å². The molecule has 0 aliphatic heterocycles. The van der Waals surface area contributed by atoms with E-state index >= 15 is 0 Å². The number of aromatic nitrogens is 3. The molecule has 2 aromatic heterocycles. The molecule has 7 heteroatoms. The first-order valence-corrected chi connectivity index (χ1v) is 6.45. The summed E-state index contributed by atoms with van der Waals surface area (Å²) in [6, 6.07) is 0. The first-order chi connectivity index (χ1) is 9.06. The van der Waals surface area contributed by atoms with Crippen molar-refractivity contribution >= 4 is 11.3 Å². The number of aliphatic hydroxyl groups is 1. The fourth-order valence-electron chi connectivity index (χ4n) is 1.73. The first-order valence-electron chi connectivity index (χ1n) is 5.63. The average Bonchev–Trinajstić information content (AvgIpc) is 2.76. The largest absolute Gasteiger partial charge is 0.480 e. The summed E-state index contributed by atoms with van der Waals surface area (Å²) in [4.78, 5) is 13.3. The van der Waals surface area contributed by atoms with Crippen LogP contribution < -0.4 is 9.47 Å². The summed E-state index contributed by atoms with van der Waals surface area (Å²) in [6.07, 6.45) is 0.546. The van der Waals surface area contributed by atoms with Crippen LogP contribution in [0.15, 0.2) is 6.20 Å². The molecule has 0 aliphatic carbocycles. The molecule has 102 valence electrons. The average molecular weight is 281 g/mol. The molecule has 2 heterocycles. The fraction of sp³-hybridized carbons (Fsp3) is 0.417. The van der Waals surface area contributed by atoms with Crippen molar-refractivity contribution in [2.24, 2.45) is 0 Å². The van der Waals surface area contributed by atoms with Gasteiger partial charge in [0.05, 0.1) is 36.0 Å². The predicted octanol–water partition coefficient (Wildman–Crippen LogP) is 1.65. The van der Waals surface area contributed by atoms with Crippen molar-refractivity contribution < 1.29 is 14.6 Å². The van der Waals surface area contributed by atoms with Crippen molar-refractivity contribution in [2.45, 2.75) is 20.0 Å². The van der Waals surface area contributed by atoms with Crippen LogP contribution in [0.4, 0.5) is 0 Å². The summed E-state index contributed by atoms with van der Waals surface area (Å²) in [5, 5.41) is 11.3. The van der Waals surface area contributed by atoms with Crippen LogP contribution in [0, 0.1) is 13.8 Å².